The molecule has 3 N–H and O–H groups in total. The van der Waals surface area contributed by atoms with Gasteiger partial charge in [0.05, 0.1) is 17.8 Å². The van der Waals surface area contributed by atoms with Crippen molar-refractivity contribution in [2.24, 2.45) is 11.7 Å². The van der Waals surface area contributed by atoms with Gasteiger partial charge >= 0.3 is 6.18 Å². The predicted molar refractivity (Wildman–Crippen MR) is 66.2 cm³/mol. The van der Waals surface area contributed by atoms with Crippen LogP contribution >= 0.6 is 0 Å². The number of pyridine rings is 1. The first kappa shape index (κ1) is 13.6. The van der Waals surface area contributed by atoms with Gasteiger partial charge in [0.25, 0.3) is 0 Å². The van der Waals surface area contributed by atoms with E-state index < -0.39 is 12.1 Å². The smallest absolute Gasteiger partial charge is 0.384 e. The number of nitrogens with one attached hydrogen (secondary N) is 1. The van der Waals surface area contributed by atoms with Crippen LogP contribution in [0.1, 0.15) is 18.4 Å². The molecule has 0 saturated carbocycles. The van der Waals surface area contributed by atoms with Gasteiger partial charge in [-0.1, -0.05) is 0 Å². The summed E-state index contributed by atoms with van der Waals surface area (Å²) in [5, 5.41) is 7.47. The zero-order valence-electron chi connectivity index (χ0n) is 10.2. The van der Waals surface area contributed by atoms with Crippen molar-refractivity contribution in [2.75, 3.05) is 18.0 Å². The van der Waals surface area contributed by atoms with E-state index in [0.717, 1.165) is 0 Å². The molecule has 1 aromatic rings. The predicted octanol–water partition coefficient (Wildman–Crippen LogP) is 2.14. The van der Waals surface area contributed by atoms with Crippen LogP contribution in [0, 0.1) is 11.3 Å². The number of hydrogen-bond acceptors (Lipinski definition) is 3. The SMILES string of the molecule is N=C(N)c1ccncc1N1CCCC(C(F)(F)F)C1. The minimum atomic E-state index is -4.18. The van der Waals surface area contributed by atoms with Crippen LogP contribution < -0.4 is 10.6 Å². The highest BCUT2D eigenvalue weighted by Crippen LogP contribution is 2.35. The van der Waals surface area contributed by atoms with Crippen molar-refractivity contribution in [3.63, 3.8) is 0 Å². The van der Waals surface area contributed by atoms with E-state index in [2.05, 4.69) is 4.98 Å². The second kappa shape index (κ2) is 5.07. The number of rotatable bonds is 2. The maximum atomic E-state index is 12.8. The molecule has 0 bridgehead atoms. The maximum absolute atomic E-state index is 12.8. The third-order valence-corrected chi connectivity index (χ3v) is 3.32. The van der Waals surface area contributed by atoms with Crippen LogP contribution in [0.4, 0.5) is 18.9 Å². The van der Waals surface area contributed by atoms with Crippen LogP contribution in [0.25, 0.3) is 0 Å². The lowest BCUT2D eigenvalue weighted by atomic mass is 9.96. The zero-order chi connectivity index (χ0) is 14.0. The van der Waals surface area contributed by atoms with Gasteiger partial charge in [-0.05, 0) is 18.9 Å². The van der Waals surface area contributed by atoms with E-state index in [9.17, 15) is 13.2 Å². The van der Waals surface area contributed by atoms with E-state index in [1.54, 1.807) is 11.0 Å². The summed E-state index contributed by atoms with van der Waals surface area (Å²) in [4.78, 5) is 5.53. The van der Waals surface area contributed by atoms with Gasteiger partial charge in [-0.25, -0.2) is 0 Å². The molecular weight excluding hydrogens is 257 g/mol. The van der Waals surface area contributed by atoms with Crippen LogP contribution in [0.15, 0.2) is 18.5 Å². The fourth-order valence-electron chi connectivity index (χ4n) is 2.33. The van der Waals surface area contributed by atoms with Crippen molar-refractivity contribution < 1.29 is 13.2 Å². The van der Waals surface area contributed by atoms with Crippen molar-refractivity contribution in [1.29, 1.82) is 5.41 Å². The fraction of sp³-hybridized carbons (Fsp3) is 0.500. The van der Waals surface area contributed by atoms with Crippen molar-refractivity contribution in [1.82, 2.24) is 4.98 Å². The molecule has 1 fully saturated rings. The summed E-state index contributed by atoms with van der Waals surface area (Å²) in [6.07, 6.45) is -0.621. The molecule has 1 aromatic heterocycles. The first-order chi connectivity index (χ1) is 8.89. The molecule has 2 heterocycles. The van der Waals surface area contributed by atoms with Gasteiger partial charge in [-0.2, -0.15) is 13.2 Å². The summed E-state index contributed by atoms with van der Waals surface area (Å²) in [7, 11) is 0. The van der Waals surface area contributed by atoms with Gasteiger partial charge in [0, 0.05) is 24.8 Å². The third-order valence-electron chi connectivity index (χ3n) is 3.32. The quantitative estimate of drug-likeness (QED) is 0.640. The van der Waals surface area contributed by atoms with Gasteiger partial charge in [-0.15, -0.1) is 0 Å². The average Bonchev–Trinajstić information content (AvgIpc) is 2.38. The Bertz CT molecular complexity index is 472. The van der Waals surface area contributed by atoms with Gasteiger partial charge in [0.15, 0.2) is 0 Å². The van der Waals surface area contributed by atoms with E-state index in [-0.39, 0.29) is 18.8 Å². The van der Waals surface area contributed by atoms with Crippen LogP contribution in [0.2, 0.25) is 0 Å². The molecule has 0 radical (unpaired) electrons. The van der Waals surface area contributed by atoms with Gasteiger partial charge in [-0.3, -0.25) is 10.4 Å². The molecular formula is C12H15F3N4. The Hall–Kier alpha value is -1.79. The maximum Gasteiger partial charge on any atom is 0.393 e. The molecule has 104 valence electrons. The molecule has 2 rings (SSSR count). The first-order valence-corrected chi connectivity index (χ1v) is 5.99. The lowest BCUT2D eigenvalue weighted by molar-refractivity contribution is -0.175. The highest BCUT2D eigenvalue weighted by atomic mass is 19.4. The second-order valence-electron chi connectivity index (χ2n) is 4.63. The van der Waals surface area contributed by atoms with Gasteiger partial charge in [0.2, 0.25) is 0 Å². The largest absolute Gasteiger partial charge is 0.393 e. The average molecular weight is 272 g/mol. The lowest BCUT2D eigenvalue weighted by Crippen LogP contribution is -2.42. The molecule has 0 aromatic carbocycles. The molecule has 19 heavy (non-hydrogen) atoms. The number of nitrogens with two attached hydrogens (primary N) is 1. The standard InChI is InChI=1S/C12H15F3N4/c13-12(14,15)8-2-1-5-19(7-8)10-6-18-4-3-9(10)11(16)17/h3-4,6,8H,1-2,5,7H2,(H3,16,17). The van der Waals surface area contributed by atoms with E-state index in [1.807, 2.05) is 0 Å². The van der Waals surface area contributed by atoms with E-state index in [0.29, 0.717) is 24.2 Å². The summed E-state index contributed by atoms with van der Waals surface area (Å²) in [6, 6.07) is 1.55. The monoisotopic (exact) mass is 272 g/mol. The normalized spacial score (nSPS) is 20.4. The number of anilines is 1. The molecule has 4 nitrogen and oxygen atoms in total. The van der Waals surface area contributed by atoms with E-state index >= 15 is 0 Å². The molecule has 0 spiro atoms. The van der Waals surface area contributed by atoms with Crippen LogP contribution in [-0.4, -0.2) is 30.1 Å². The number of alkyl halides is 3. The summed E-state index contributed by atoms with van der Waals surface area (Å²) in [6.45, 7) is 0.425. The van der Waals surface area contributed by atoms with Crippen molar-refractivity contribution in [3.05, 3.63) is 24.0 Å². The Morgan fingerprint density at radius 3 is 2.84 bits per heavy atom. The number of nitrogens with zero attached hydrogens (tertiary/aromatic N) is 2. The molecule has 1 unspecified atom stereocenters. The molecule has 1 aliphatic heterocycles. The van der Waals surface area contributed by atoms with Crippen molar-refractivity contribution >= 4 is 11.5 Å². The summed E-state index contributed by atoms with van der Waals surface area (Å²) < 4.78 is 38.3. The van der Waals surface area contributed by atoms with Crippen molar-refractivity contribution in [3.8, 4) is 0 Å². The Balaban J connectivity index is 2.25. The van der Waals surface area contributed by atoms with Crippen LogP contribution in [0.5, 0.6) is 0 Å². The number of aromatic nitrogens is 1. The summed E-state index contributed by atoms with van der Waals surface area (Å²) >= 11 is 0. The van der Waals surface area contributed by atoms with Crippen LogP contribution in [-0.2, 0) is 0 Å². The van der Waals surface area contributed by atoms with Crippen LogP contribution in [0.3, 0.4) is 0 Å². The molecule has 1 aliphatic rings. The Morgan fingerprint density at radius 1 is 1.47 bits per heavy atom. The Morgan fingerprint density at radius 2 is 2.21 bits per heavy atom. The fourth-order valence-corrected chi connectivity index (χ4v) is 2.33. The first-order valence-electron chi connectivity index (χ1n) is 5.99. The molecule has 7 heteroatoms. The molecule has 1 atom stereocenters. The highest BCUT2D eigenvalue weighted by Gasteiger charge is 2.42. The second-order valence-corrected chi connectivity index (χ2v) is 4.63. The minimum Gasteiger partial charge on any atom is -0.384 e. The summed E-state index contributed by atoms with van der Waals surface area (Å²) in [5.74, 6) is -1.49. The van der Waals surface area contributed by atoms with E-state index in [4.69, 9.17) is 11.1 Å². The molecule has 0 aliphatic carbocycles. The minimum absolute atomic E-state index is 0.102. The van der Waals surface area contributed by atoms with E-state index in [1.165, 1.54) is 12.4 Å². The third kappa shape index (κ3) is 2.97. The Labute approximate surface area is 108 Å². The summed E-state index contributed by atoms with van der Waals surface area (Å²) in [5.41, 5.74) is 6.38. The number of hydrogen-bond donors (Lipinski definition) is 2. The topological polar surface area (TPSA) is 66.0 Å². The highest BCUT2D eigenvalue weighted by molar-refractivity contribution is 6.00. The van der Waals surface area contributed by atoms with Gasteiger partial charge in [0.1, 0.15) is 5.84 Å². The Kier molecular flexibility index (Phi) is 3.64. The number of nitrogen functional groups attached to an aromatic ring is 1. The number of piperidine rings is 1. The molecule has 0 amide bonds. The molecule has 1 saturated heterocycles. The number of amidine groups is 1. The lowest BCUT2D eigenvalue weighted by Gasteiger charge is -2.35. The zero-order valence-corrected chi connectivity index (χ0v) is 10.2. The van der Waals surface area contributed by atoms with Crippen molar-refractivity contribution in [2.45, 2.75) is 19.0 Å². The van der Waals surface area contributed by atoms with Gasteiger partial charge < -0.3 is 10.6 Å². The number of halogens is 3.